The molecule has 7 nitrogen and oxygen atoms in total. The minimum atomic E-state index is -0.813. The fourth-order valence-electron chi connectivity index (χ4n) is 2.53. The van der Waals surface area contributed by atoms with Gasteiger partial charge in [0.1, 0.15) is 0 Å². The van der Waals surface area contributed by atoms with Gasteiger partial charge in [-0.15, -0.1) is 0 Å². The number of anilines is 1. The number of esters is 3. The second kappa shape index (κ2) is 8.14. The standard InChI is InChI=1S/C18H19NO6/c1-23-16(20)9-13-14(17(21)24-2)10-19(11-15(13)18(22)25-3)12-7-5-4-6-8-12/h4-8,10-11,13H,9H2,1-3H3. The Morgan fingerprint density at radius 3 is 1.84 bits per heavy atom. The number of hydrogen-bond donors (Lipinski definition) is 0. The van der Waals surface area contributed by atoms with Crippen LogP contribution >= 0.6 is 0 Å². The molecule has 0 saturated heterocycles. The number of methoxy groups -OCH3 is 3. The first-order valence-corrected chi connectivity index (χ1v) is 7.52. The van der Waals surface area contributed by atoms with E-state index in [0.717, 1.165) is 5.69 Å². The Labute approximate surface area is 145 Å². The molecular weight excluding hydrogens is 326 g/mol. The van der Waals surface area contributed by atoms with E-state index in [1.165, 1.54) is 21.3 Å². The molecular formula is C18H19NO6. The number of nitrogens with zero attached hydrogens (tertiary/aromatic N) is 1. The van der Waals surface area contributed by atoms with E-state index < -0.39 is 23.8 Å². The van der Waals surface area contributed by atoms with Crippen LogP contribution in [0.1, 0.15) is 6.42 Å². The van der Waals surface area contributed by atoms with Crippen molar-refractivity contribution in [3.63, 3.8) is 0 Å². The molecule has 0 amide bonds. The fourth-order valence-corrected chi connectivity index (χ4v) is 2.53. The van der Waals surface area contributed by atoms with Gasteiger partial charge < -0.3 is 19.1 Å². The second-order valence-corrected chi connectivity index (χ2v) is 5.23. The molecule has 0 bridgehead atoms. The zero-order chi connectivity index (χ0) is 18.4. The van der Waals surface area contributed by atoms with Crippen LogP contribution in [0.15, 0.2) is 53.9 Å². The summed E-state index contributed by atoms with van der Waals surface area (Å²) in [6, 6.07) is 9.14. The van der Waals surface area contributed by atoms with E-state index in [1.807, 2.05) is 30.3 Å². The van der Waals surface area contributed by atoms with Crippen LogP contribution in [-0.2, 0) is 28.6 Å². The third-order valence-corrected chi connectivity index (χ3v) is 3.80. The van der Waals surface area contributed by atoms with Crippen LogP contribution in [0.4, 0.5) is 5.69 Å². The van der Waals surface area contributed by atoms with Gasteiger partial charge in [0, 0.05) is 24.0 Å². The Morgan fingerprint density at radius 2 is 1.40 bits per heavy atom. The van der Waals surface area contributed by atoms with E-state index in [4.69, 9.17) is 9.47 Å². The maximum Gasteiger partial charge on any atom is 0.335 e. The van der Waals surface area contributed by atoms with Gasteiger partial charge >= 0.3 is 17.9 Å². The van der Waals surface area contributed by atoms with Crippen LogP contribution < -0.4 is 4.90 Å². The zero-order valence-electron chi connectivity index (χ0n) is 14.2. The highest BCUT2D eigenvalue weighted by Crippen LogP contribution is 2.33. The highest BCUT2D eigenvalue weighted by atomic mass is 16.5. The van der Waals surface area contributed by atoms with Crippen LogP contribution in [0.2, 0.25) is 0 Å². The Balaban J connectivity index is 2.53. The number of benzene rings is 1. The lowest BCUT2D eigenvalue weighted by molar-refractivity contribution is -0.142. The predicted molar refractivity (Wildman–Crippen MR) is 89.2 cm³/mol. The highest BCUT2D eigenvalue weighted by molar-refractivity contribution is 5.99. The van der Waals surface area contributed by atoms with Crippen molar-refractivity contribution in [3.05, 3.63) is 53.9 Å². The minimum absolute atomic E-state index is 0.166. The average molecular weight is 345 g/mol. The van der Waals surface area contributed by atoms with Gasteiger partial charge in [-0.25, -0.2) is 9.59 Å². The first-order valence-electron chi connectivity index (χ1n) is 7.52. The Kier molecular flexibility index (Phi) is 5.94. The summed E-state index contributed by atoms with van der Waals surface area (Å²) < 4.78 is 14.3. The van der Waals surface area contributed by atoms with Gasteiger partial charge in [0.15, 0.2) is 0 Å². The molecule has 1 aromatic rings. The monoisotopic (exact) mass is 345 g/mol. The molecule has 25 heavy (non-hydrogen) atoms. The molecule has 1 aliphatic rings. The number of carbonyl (C=O) groups is 3. The molecule has 0 spiro atoms. The molecule has 0 atom stereocenters. The zero-order valence-corrected chi connectivity index (χ0v) is 14.2. The summed E-state index contributed by atoms with van der Waals surface area (Å²) in [7, 11) is 3.72. The van der Waals surface area contributed by atoms with E-state index in [-0.39, 0.29) is 17.6 Å². The Hall–Kier alpha value is -3.09. The first kappa shape index (κ1) is 18.3. The quantitative estimate of drug-likeness (QED) is 0.594. The van der Waals surface area contributed by atoms with Gasteiger partial charge in [-0.05, 0) is 12.1 Å². The van der Waals surface area contributed by atoms with E-state index >= 15 is 0 Å². The van der Waals surface area contributed by atoms with Gasteiger partial charge in [-0.3, -0.25) is 4.79 Å². The number of ether oxygens (including phenoxy) is 3. The van der Waals surface area contributed by atoms with Crippen molar-refractivity contribution >= 4 is 23.6 Å². The maximum atomic E-state index is 12.2. The summed E-state index contributed by atoms with van der Waals surface area (Å²) in [5.74, 6) is -2.64. The number of hydrogen-bond acceptors (Lipinski definition) is 7. The summed E-state index contributed by atoms with van der Waals surface area (Å²) in [5, 5.41) is 0. The molecule has 1 aromatic carbocycles. The highest BCUT2D eigenvalue weighted by Gasteiger charge is 2.36. The van der Waals surface area contributed by atoms with Crippen molar-refractivity contribution in [2.75, 3.05) is 26.2 Å². The van der Waals surface area contributed by atoms with Crippen LogP contribution in [0.5, 0.6) is 0 Å². The van der Waals surface area contributed by atoms with Crippen LogP contribution in [0.3, 0.4) is 0 Å². The van der Waals surface area contributed by atoms with E-state index in [1.54, 1.807) is 17.3 Å². The SMILES string of the molecule is COC(=O)CC1C(C(=O)OC)=CN(c2ccccc2)C=C1C(=O)OC. The maximum absolute atomic E-state index is 12.2. The molecule has 0 aromatic heterocycles. The molecule has 7 heteroatoms. The molecule has 0 saturated carbocycles. The van der Waals surface area contributed by atoms with Crippen molar-refractivity contribution in [2.24, 2.45) is 5.92 Å². The average Bonchev–Trinajstić information content (AvgIpc) is 2.67. The van der Waals surface area contributed by atoms with Crippen molar-refractivity contribution in [1.29, 1.82) is 0 Å². The van der Waals surface area contributed by atoms with E-state index in [2.05, 4.69) is 4.74 Å². The van der Waals surface area contributed by atoms with Crippen molar-refractivity contribution in [3.8, 4) is 0 Å². The molecule has 0 radical (unpaired) electrons. The summed E-state index contributed by atoms with van der Waals surface area (Å²) in [4.78, 5) is 37.8. The third-order valence-electron chi connectivity index (χ3n) is 3.80. The van der Waals surface area contributed by atoms with Crippen molar-refractivity contribution in [2.45, 2.75) is 6.42 Å². The van der Waals surface area contributed by atoms with Crippen LogP contribution in [0, 0.1) is 5.92 Å². The normalized spacial score (nSPS) is 14.3. The Morgan fingerprint density at radius 1 is 0.880 bits per heavy atom. The lowest BCUT2D eigenvalue weighted by Crippen LogP contribution is -2.31. The number of rotatable bonds is 5. The van der Waals surface area contributed by atoms with Crippen molar-refractivity contribution < 1.29 is 28.6 Å². The summed E-state index contributed by atoms with van der Waals surface area (Å²) >= 11 is 0. The summed E-state index contributed by atoms with van der Waals surface area (Å²) in [5.41, 5.74) is 1.07. The van der Waals surface area contributed by atoms with Crippen LogP contribution in [-0.4, -0.2) is 39.2 Å². The summed E-state index contributed by atoms with van der Waals surface area (Å²) in [6.07, 6.45) is 2.91. The van der Waals surface area contributed by atoms with Gasteiger partial charge in [-0.1, -0.05) is 18.2 Å². The van der Waals surface area contributed by atoms with Gasteiger partial charge in [0.05, 0.1) is 38.9 Å². The number of para-hydroxylation sites is 1. The van der Waals surface area contributed by atoms with Gasteiger partial charge in [0.2, 0.25) is 0 Å². The molecule has 1 heterocycles. The fraction of sp³-hybridized carbons (Fsp3) is 0.278. The van der Waals surface area contributed by atoms with Crippen molar-refractivity contribution in [1.82, 2.24) is 0 Å². The molecule has 0 fully saturated rings. The molecule has 0 aliphatic carbocycles. The molecule has 2 rings (SSSR count). The molecule has 1 aliphatic heterocycles. The Bertz CT molecular complexity index is 688. The van der Waals surface area contributed by atoms with Gasteiger partial charge in [0.25, 0.3) is 0 Å². The van der Waals surface area contributed by atoms with Crippen LogP contribution in [0.25, 0.3) is 0 Å². The predicted octanol–water partition coefficient (Wildman–Crippen LogP) is 1.80. The minimum Gasteiger partial charge on any atom is -0.469 e. The smallest absolute Gasteiger partial charge is 0.335 e. The van der Waals surface area contributed by atoms with Gasteiger partial charge in [-0.2, -0.15) is 0 Å². The molecule has 132 valence electrons. The summed E-state index contributed by atoms with van der Waals surface area (Å²) in [6.45, 7) is 0. The third kappa shape index (κ3) is 4.06. The van der Waals surface area contributed by atoms with E-state index in [9.17, 15) is 14.4 Å². The molecule has 0 unspecified atom stereocenters. The topological polar surface area (TPSA) is 82.1 Å². The second-order valence-electron chi connectivity index (χ2n) is 5.23. The number of carbonyl (C=O) groups excluding carboxylic acids is 3. The van der Waals surface area contributed by atoms with E-state index in [0.29, 0.717) is 0 Å². The lowest BCUT2D eigenvalue weighted by atomic mass is 9.86. The lowest BCUT2D eigenvalue weighted by Gasteiger charge is -2.29. The molecule has 0 N–H and O–H groups in total. The largest absolute Gasteiger partial charge is 0.469 e. The first-order chi connectivity index (χ1) is 12.0.